The molecule has 178 valence electrons. The van der Waals surface area contributed by atoms with Crippen LogP contribution in [-0.4, -0.2) is 16.2 Å². The molecule has 3 aromatic carbocycles. The van der Waals surface area contributed by atoms with E-state index in [1.165, 1.54) is 22.2 Å². The van der Waals surface area contributed by atoms with Crippen LogP contribution in [0, 0.1) is 5.92 Å². The first-order chi connectivity index (χ1) is 16.4. The highest BCUT2D eigenvalue weighted by molar-refractivity contribution is 5.76. The minimum Gasteiger partial charge on any atom is -0.494 e. The van der Waals surface area contributed by atoms with Gasteiger partial charge in [-0.25, -0.2) is 4.98 Å². The number of rotatable bonds is 10. The number of aryl methyl sites for hydroxylation is 1. The number of aromatic nitrogens is 2. The molecule has 0 radical (unpaired) electrons. The Hall–Kier alpha value is -3.07. The van der Waals surface area contributed by atoms with E-state index in [4.69, 9.17) is 9.72 Å². The van der Waals surface area contributed by atoms with Gasteiger partial charge in [-0.3, -0.25) is 0 Å². The van der Waals surface area contributed by atoms with Crippen molar-refractivity contribution in [3.63, 3.8) is 0 Å². The van der Waals surface area contributed by atoms with Crippen LogP contribution in [-0.2, 0) is 13.0 Å². The summed E-state index contributed by atoms with van der Waals surface area (Å²) in [6.45, 7) is 12.8. The Morgan fingerprint density at radius 1 is 0.794 bits per heavy atom. The molecule has 3 heteroatoms. The number of nitrogens with zero attached hydrogens (tertiary/aromatic N) is 2. The molecule has 0 spiro atoms. The van der Waals surface area contributed by atoms with Gasteiger partial charge in [-0.15, -0.1) is 0 Å². The minimum atomic E-state index is 0.227. The van der Waals surface area contributed by atoms with Crippen LogP contribution in [0.3, 0.4) is 0 Å². The van der Waals surface area contributed by atoms with Crippen molar-refractivity contribution in [1.82, 2.24) is 9.55 Å². The zero-order chi connectivity index (χ0) is 24.1. The molecule has 0 saturated carbocycles. The summed E-state index contributed by atoms with van der Waals surface area (Å²) in [5.74, 6) is 3.50. The first-order valence-corrected chi connectivity index (χ1v) is 12.7. The van der Waals surface area contributed by atoms with E-state index in [1.807, 2.05) is 0 Å². The van der Waals surface area contributed by atoms with Crippen molar-refractivity contribution >= 4 is 11.0 Å². The number of hydrogen-bond acceptors (Lipinski definition) is 2. The third kappa shape index (κ3) is 5.70. The fourth-order valence-corrected chi connectivity index (χ4v) is 4.58. The Morgan fingerprint density at radius 2 is 1.47 bits per heavy atom. The Morgan fingerprint density at radius 3 is 2.15 bits per heavy atom. The monoisotopic (exact) mass is 454 g/mol. The van der Waals surface area contributed by atoms with Gasteiger partial charge in [0.15, 0.2) is 0 Å². The first kappa shape index (κ1) is 24.1. The molecule has 0 fully saturated rings. The van der Waals surface area contributed by atoms with Gasteiger partial charge in [-0.05, 0) is 65.6 Å². The van der Waals surface area contributed by atoms with Crippen LogP contribution in [0.15, 0.2) is 72.8 Å². The van der Waals surface area contributed by atoms with Gasteiger partial charge in [-0.1, -0.05) is 83.1 Å². The largest absolute Gasteiger partial charge is 0.494 e. The zero-order valence-electron chi connectivity index (χ0n) is 21.3. The lowest BCUT2D eigenvalue weighted by atomic mass is 9.96. The Bertz CT molecular complexity index is 1190. The van der Waals surface area contributed by atoms with E-state index in [9.17, 15) is 0 Å². The SMILES string of the molecule is CC(C)Cc1ccc(C(C)c2nc3ccccc3n2CCCOc2ccc(C(C)C)cc2)cc1. The molecular weight excluding hydrogens is 416 g/mol. The van der Waals surface area contributed by atoms with Crippen LogP contribution in [0.1, 0.15) is 75.4 Å². The summed E-state index contributed by atoms with van der Waals surface area (Å²) in [5, 5.41) is 0. The Kier molecular flexibility index (Phi) is 7.72. The van der Waals surface area contributed by atoms with Crippen molar-refractivity contribution < 1.29 is 4.74 Å². The minimum absolute atomic E-state index is 0.227. The molecule has 1 aromatic heterocycles. The molecule has 1 atom stereocenters. The molecule has 0 bridgehead atoms. The van der Waals surface area contributed by atoms with E-state index < -0.39 is 0 Å². The first-order valence-electron chi connectivity index (χ1n) is 12.7. The standard InChI is InChI=1S/C31H38N2O/c1-22(2)21-25-11-13-27(14-12-25)24(5)31-32-29-9-6-7-10-30(29)33(31)19-8-20-34-28-17-15-26(16-18-28)23(3)4/h6-7,9-18,22-24H,8,19-21H2,1-5H3. The highest BCUT2D eigenvalue weighted by Crippen LogP contribution is 2.28. The molecule has 0 aliphatic rings. The molecule has 1 heterocycles. The van der Waals surface area contributed by atoms with Gasteiger partial charge in [0.2, 0.25) is 0 Å². The molecule has 0 saturated heterocycles. The van der Waals surface area contributed by atoms with E-state index in [2.05, 4.69) is 112 Å². The summed E-state index contributed by atoms with van der Waals surface area (Å²) >= 11 is 0. The van der Waals surface area contributed by atoms with Crippen LogP contribution in [0.2, 0.25) is 0 Å². The fourth-order valence-electron chi connectivity index (χ4n) is 4.58. The molecule has 4 aromatic rings. The molecule has 4 rings (SSSR count). The molecule has 0 aliphatic carbocycles. The summed E-state index contributed by atoms with van der Waals surface area (Å²) in [7, 11) is 0. The highest BCUT2D eigenvalue weighted by atomic mass is 16.5. The van der Waals surface area contributed by atoms with Gasteiger partial charge in [0.05, 0.1) is 17.6 Å². The fraction of sp³-hybridized carbons (Fsp3) is 0.387. The van der Waals surface area contributed by atoms with E-state index in [0.717, 1.165) is 36.5 Å². The maximum absolute atomic E-state index is 6.05. The van der Waals surface area contributed by atoms with Gasteiger partial charge in [0.25, 0.3) is 0 Å². The molecule has 1 unspecified atom stereocenters. The summed E-state index contributed by atoms with van der Waals surface area (Å²) in [6, 6.07) is 26.0. The van der Waals surface area contributed by atoms with Crippen LogP contribution >= 0.6 is 0 Å². The number of para-hydroxylation sites is 2. The topological polar surface area (TPSA) is 27.1 Å². The van der Waals surface area contributed by atoms with Gasteiger partial charge < -0.3 is 9.30 Å². The maximum Gasteiger partial charge on any atom is 0.119 e. The van der Waals surface area contributed by atoms with Crippen LogP contribution in [0.25, 0.3) is 11.0 Å². The van der Waals surface area contributed by atoms with Crippen molar-refractivity contribution in [3.05, 3.63) is 95.3 Å². The second-order valence-electron chi connectivity index (χ2n) is 10.1. The summed E-state index contributed by atoms with van der Waals surface area (Å²) in [4.78, 5) is 5.05. The molecule has 3 nitrogen and oxygen atoms in total. The van der Waals surface area contributed by atoms with Crippen LogP contribution < -0.4 is 4.74 Å². The Balaban J connectivity index is 1.47. The molecule has 0 aliphatic heterocycles. The summed E-state index contributed by atoms with van der Waals surface area (Å²) < 4.78 is 8.43. The maximum atomic E-state index is 6.05. The molecule has 0 amide bonds. The summed E-state index contributed by atoms with van der Waals surface area (Å²) in [5.41, 5.74) is 6.31. The lowest BCUT2D eigenvalue weighted by Crippen LogP contribution is -2.11. The molecular formula is C31H38N2O. The third-order valence-corrected chi connectivity index (χ3v) is 6.54. The smallest absolute Gasteiger partial charge is 0.119 e. The predicted molar refractivity (Wildman–Crippen MR) is 143 cm³/mol. The number of hydrogen-bond donors (Lipinski definition) is 0. The lowest BCUT2D eigenvalue weighted by Gasteiger charge is -2.16. The highest BCUT2D eigenvalue weighted by Gasteiger charge is 2.18. The van der Waals surface area contributed by atoms with E-state index in [0.29, 0.717) is 18.4 Å². The predicted octanol–water partition coefficient (Wildman–Crippen LogP) is 7.98. The zero-order valence-corrected chi connectivity index (χ0v) is 21.3. The van der Waals surface area contributed by atoms with E-state index in [1.54, 1.807) is 0 Å². The lowest BCUT2D eigenvalue weighted by molar-refractivity contribution is 0.301. The van der Waals surface area contributed by atoms with Crippen molar-refractivity contribution in [2.75, 3.05) is 6.61 Å². The Labute approximate surface area is 204 Å². The number of benzene rings is 3. The van der Waals surface area contributed by atoms with Crippen molar-refractivity contribution in [2.45, 2.75) is 65.8 Å². The van der Waals surface area contributed by atoms with Crippen LogP contribution in [0.4, 0.5) is 0 Å². The second-order valence-corrected chi connectivity index (χ2v) is 10.1. The van der Waals surface area contributed by atoms with Crippen molar-refractivity contribution in [3.8, 4) is 5.75 Å². The average molecular weight is 455 g/mol. The third-order valence-electron chi connectivity index (χ3n) is 6.54. The van der Waals surface area contributed by atoms with Gasteiger partial charge in [0.1, 0.15) is 11.6 Å². The number of imidazole rings is 1. The van der Waals surface area contributed by atoms with E-state index >= 15 is 0 Å². The van der Waals surface area contributed by atoms with Gasteiger partial charge >= 0.3 is 0 Å². The second kappa shape index (κ2) is 10.9. The number of ether oxygens (including phenoxy) is 1. The van der Waals surface area contributed by atoms with E-state index in [-0.39, 0.29) is 5.92 Å². The summed E-state index contributed by atoms with van der Waals surface area (Å²) in [6.07, 6.45) is 2.05. The molecule has 34 heavy (non-hydrogen) atoms. The van der Waals surface area contributed by atoms with Crippen molar-refractivity contribution in [2.24, 2.45) is 5.92 Å². The van der Waals surface area contributed by atoms with Crippen molar-refractivity contribution in [1.29, 1.82) is 0 Å². The quantitative estimate of drug-likeness (QED) is 0.227. The van der Waals surface area contributed by atoms with Gasteiger partial charge in [-0.2, -0.15) is 0 Å². The average Bonchev–Trinajstić information content (AvgIpc) is 3.20. The van der Waals surface area contributed by atoms with Gasteiger partial charge in [0, 0.05) is 12.5 Å². The van der Waals surface area contributed by atoms with Crippen LogP contribution in [0.5, 0.6) is 5.75 Å². The number of fused-ring (bicyclic) bond motifs is 1. The normalized spacial score (nSPS) is 12.6. The molecule has 0 N–H and O–H groups in total.